The first-order valence-corrected chi connectivity index (χ1v) is 7.31. The van der Waals surface area contributed by atoms with Gasteiger partial charge in [-0.2, -0.15) is 0 Å². The van der Waals surface area contributed by atoms with Gasteiger partial charge in [0.05, 0.1) is 13.2 Å². The number of likely N-dealkylation sites (tertiary alicyclic amines) is 1. The van der Waals surface area contributed by atoms with Crippen LogP contribution in [0.25, 0.3) is 0 Å². The third-order valence-electron chi connectivity index (χ3n) is 4.48. The van der Waals surface area contributed by atoms with E-state index in [9.17, 15) is 0 Å². The van der Waals surface area contributed by atoms with Gasteiger partial charge in [-0.1, -0.05) is 18.1 Å². The minimum atomic E-state index is -0.288. The van der Waals surface area contributed by atoms with Gasteiger partial charge in [-0.05, 0) is 24.6 Å². The Morgan fingerprint density at radius 2 is 1.75 bits per heavy atom. The summed E-state index contributed by atoms with van der Waals surface area (Å²) in [5.74, 6) is 2.37. The molecule has 0 saturated carbocycles. The van der Waals surface area contributed by atoms with Crippen LogP contribution in [0.15, 0.2) is 24.3 Å². The predicted molar refractivity (Wildman–Crippen MR) is 78.2 cm³/mol. The van der Waals surface area contributed by atoms with Crippen LogP contribution in [0.4, 0.5) is 0 Å². The van der Waals surface area contributed by atoms with E-state index in [-0.39, 0.29) is 5.79 Å². The fourth-order valence-corrected chi connectivity index (χ4v) is 3.11. The maximum atomic E-state index is 5.77. The van der Waals surface area contributed by atoms with Crippen LogP contribution in [0.5, 0.6) is 0 Å². The van der Waals surface area contributed by atoms with E-state index in [0.29, 0.717) is 6.04 Å². The lowest BCUT2D eigenvalue weighted by atomic mass is 9.99. The second kappa shape index (κ2) is 5.57. The van der Waals surface area contributed by atoms with E-state index in [0.717, 1.165) is 44.7 Å². The second-order valence-electron chi connectivity index (χ2n) is 5.59. The van der Waals surface area contributed by atoms with Crippen molar-refractivity contribution in [1.82, 2.24) is 4.90 Å². The van der Waals surface area contributed by atoms with Crippen molar-refractivity contribution >= 4 is 0 Å². The molecule has 1 atom stereocenters. The number of hydrogen-bond donors (Lipinski definition) is 0. The molecule has 3 rings (SSSR count). The number of terminal acetylenes is 1. The van der Waals surface area contributed by atoms with Crippen molar-refractivity contribution in [3.05, 3.63) is 35.4 Å². The van der Waals surface area contributed by atoms with Crippen molar-refractivity contribution in [3.63, 3.8) is 0 Å². The Morgan fingerprint density at radius 3 is 2.30 bits per heavy atom. The lowest BCUT2D eigenvalue weighted by molar-refractivity contribution is -0.187. The van der Waals surface area contributed by atoms with Crippen molar-refractivity contribution in [2.45, 2.75) is 31.6 Å². The van der Waals surface area contributed by atoms with Gasteiger partial charge in [-0.15, -0.1) is 6.42 Å². The van der Waals surface area contributed by atoms with Gasteiger partial charge >= 0.3 is 0 Å². The molecule has 0 aliphatic carbocycles. The van der Waals surface area contributed by atoms with Gasteiger partial charge in [0.15, 0.2) is 5.79 Å². The first-order valence-electron chi connectivity index (χ1n) is 7.31. The van der Waals surface area contributed by atoms with E-state index in [1.807, 2.05) is 12.1 Å². The highest BCUT2D eigenvalue weighted by molar-refractivity contribution is 5.35. The highest BCUT2D eigenvalue weighted by Crippen LogP contribution is 2.34. The molecule has 1 unspecified atom stereocenters. The Labute approximate surface area is 120 Å². The van der Waals surface area contributed by atoms with Gasteiger partial charge < -0.3 is 9.47 Å². The molecule has 2 heterocycles. The maximum Gasteiger partial charge on any atom is 0.170 e. The smallest absolute Gasteiger partial charge is 0.170 e. The van der Waals surface area contributed by atoms with Crippen LogP contribution in [-0.4, -0.2) is 37.0 Å². The SMILES string of the molecule is C#Cc1ccc(C(C)N2CCC3(CC2)OCCO3)cc1. The lowest BCUT2D eigenvalue weighted by Gasteiger charge is -2.40. The average molecular weight is 271 g/mol. The molecule has 3 nitrogen and oxygen atoms in total. The zero-order valence-electron chi connectivity index (χ0n) is 12.0. The third kappa shape index (κ3) is 2.60. The van der Waals surface area contributed by atoms with E-state index in [1.165, 1.54) is 5.56 Å². The summed E-state index contributed by atoms with van der Waals surface area (Å²) in [7, 11) is 0. The van der Waals surface area contributed by atoms with Crippen molar-refractivity contribution in [3.8, 4) is 12.3 Å². The molecule has 1 aromatic rings. The van der Waals surface area contributed by atoms with E-state index in [1.54, 1.807) is 0 Å². The molecular formula is C17H21NO2. The van der Waals surface area contributed by atoms with Crippen LogP contribution < -0.4 is 0 Å². The molecule has 0 amide bonds. The molecule has 0 bridgehead atoms. The normalized spacial score (nSPS) is 23.6. The van der Waals surface area contributed by atoms with Crippen molar-refractivity contribution in [1.29, 1.82) is 0 Å². The quantitative estimate of drug-likeness (QED) is 0.772. The summed E-state index contributed by atoms with van der Waals surface area (Å²) in [6.45, 7) is 5.75. The Hall–Kier alpha value is -1.34. The molecular weight excluding hydrogens is 250 g/mol. The van der Waals surface area contributed by atoms with Crippen LogP contribution >= 0.6 is 0 Å². The fraction of sp³-hybridized carbons (Fsp3) is 0.529. The van der Waals surface area contributed by atoms with Crippen LogP contribution in [0.3, 0.4) is 0 Å². The molecule has 2 aliphatic heterocycles. The van der Waals surface area contributed by atoms with Crippen molar-refractivity contribution in [2.75, 3.05) is 26.3 Å². The molecule has 3 heteroatoms. The van der Waals surface area contributed by atoms with E-state index in [2.05, 4.69) is 29.9 Å². The number of hydrogen-bond acceptors (Lipinski definition) is 3. The number of piperidine rings is 1. The van der Waals surface area contributed by atoms with Crippen LogP contribution in [0, 0.1) is 12.3 Å². The molecule has 0 N–H and O–H groups in total. The highest BCUT2D eigenvalue weighted by atomic mass is 16.7. The zero-order chi connectivity index (χ0) is 14.0. The lowest BCUT2D eigenvalue weighted by Crippen LogP contribution is -2.45. The molecule has 106 valence electrons. The monoisotopic (exact) mass is 271 g/mol. The Balaban J connectivity index is 1.63. The molecule has 2 aliphatic rings. The first-order chi connectivity index (χ1) is 9.72. The minimum absolute atomic E-state index is 0.288. The molecule has 1 aromatic carbocycles. The number of rotatable bonds is 2. The van der Waals surface area contributed by atoms with Gasteiger partial charge in [0.2, 0.25) is 0 Å². The van der Waals surface area contributed by atoms with Gasteiger partial charge in [0.1, 0.15) is 0 Å². The molecule has 0 radical (unpaired) electrons. The van der Waals surface area contributed by atoms with Gasteiger partial charge in [0, 0.05) is 37.5 Å². The first kappa shape index (κ1) is 13.6. The molecule has 2 saturated heterocycles. The second-order valence-corrected chi connectivity index (χ2v) is 5.59. The highest BCUT2D eigenvalue weighted by Gasteiger charge is 2.40. The Morgan fingerprint density at radius 1 is 1.15 bits per heavy atom. The maximum absolute atomic E-state index is 5.77. The van der Waals surface area contributed by atoms with E-state index < -0.39 is 0 Å². The molecule has 20 heavy (non-hydrogen) atoms. The minimum Gasteiger partial charge on any atom is -0.347 e. The fourth-order valence-electron chi connectivity index (χ4n) is 3.11. The van der Waals surface area contributed by atoms with Gasteiger partial charge in [-0.3, -0.25) is 4.90 Å². The summed E-state index contributed by atoms with van der Waals surface area (Å²) in [6.07, 6.45) is 7.31. The van der Waals surface area contributed by atoms with Crippen LogP contribution in [0.1, 0.15) is 36.9 Å². The van der Waals surface area contributed by atoms with Gasteiger partial charge in [-0.25, -0.2) is 0 Å². The van der Waals surface area contributed by atoms with Gasteiger partial charge in [0.25, 0.3) is 0 Å². The summed E-state index contributed by atoms with van der Waals surface area (Å²) in [6, 6.07) is 8.70. The summed E-state index contributed by atoms with van der Waals surface area (Å²) in [5, 5.41) is 0. The topological polar surface area (TPSA) is 21.7 Å². The number of nitrogens with zero attached hydrogens (tertiary/aromatic N) is 1. The van der Waals surface area contributed by atoms with Crippen molar-refractivity contribution in [2.24, 2.45) is 0 Å². The summed E-state index contributed by atoms with van der Waals surface area (Å²) in [5.41, 5.74) is 2.25. The Bertz CT molecular complexity index is 487. The predicted octanol–water partition coefficient (Wildman–Crippen LogP) is 2.57. The Kier molecular flexibility index (Phi) is 3.80. The van der Waals surface area contributed by atoms with E-state index >= 15 is 0 Å². The summed E-state index contributed by atoms with van der Waals surface area (Å²) >= 11 is 0. The number of benzene rings is 1. The standard InChI is InChI=1S/C17H21NO2/c1-3-15-4-6-16(7-5-15)14(2)18-10-8-17(9-11-18)19-12-13-20-17/h1,4-7,14H,8-13H2,2H3. The average Bonchev–Trinajstić information content (AvgIpc) is 2.96. The number of ether oxygens (including phenoxy) is 2. The zero-order valence-corrected chi connectivity index (χ0v) is 12.0. The summed E-state index contributed by atoms with van der Waals surface area (Å²) in [4.78, 5) is 2.49. The van der Waals surface area contributed by atoms with Crippen molar-refractivity contribution < 1.29 is 9.47 Å². The molecule has 2 fully saturated rings. The van der Waals surface area contributed by atoms with Crippen LogP contribution in [0.2, 0.25) is 0 Å². The van der Waals surface area contributed by atoms with E-state index in [4.69, 9.17) is 15.9 Å². The van der Waals surface area contributed by atoms with Crippen LogP contribution in [-0.2, 0) is 9.47 Å². The summed E-state index contributed by atoms with van der Waals surface area (Å²) < 4.78 is 11.5. The third-order valence-corrected chi connectivity index (χ3v) is 4.48. The molecule has 0 aromatic heterocycles. The largest absolute Gasteiger partial charge is 0.347 e. The molecule has 1 spiro atoms.